The largest absolute Gasteiger partial charge is 0.497 e. The van der Waals surface area contributed by atoms with Crippen LogP contribution >= 0.6 is 27.5 Å². The Morgan fingerprint density at radius 3 is 2.22 bits per heavy atom. The number of nitrogens with zero attached hydrogens (tertiary/aromatic N) is 2. The van der Waals surface area contributed by atoms with Gasteiger partial charge in [0.05, 0.1) is 53.6 Å². The molecule has 0 amide bonds. The Bertz CT molecular complexity index is 2250. The molecule has 0 bridgehead atoms. The van der Waals surface area contributed by atoms with Crippen LogP contribution in [0.1, 0.15) is 108 Å². The maximum Gasteiger partial charge on any atom is 0.311 e. The van der Waals surface area contributed by atoms with Crippen LogP contribution < -0.4 is 20.1 Å². The molecule has 3 aliphatic heterocycles. The molecule has 3 aliphatic rings. The van der Waals surface area contributed by atoms with E-state index >= 15 is 0 Å². The van der Waals surface area contributed by atoms with E-state index in [9.17, 15) is 33.6 Å². The molecule has 0 radical (unpaired) electrons. The SMILES string of the molecule is CCCNC[C@]1(O)[C@H](C)OC(O[C@H]2[C@H](C)[C@@H](O[C@@H]3O[C@H](C)C[C@H](N(C)S(=O)(=O)c4cnc(Cl)c(Br)c4)[C@H]3Oc3ccc(OC)cc3)[C@](C)(O)C[C@@H](C)CN[C@H](C)[C@@H](O)[C@](C)(O)[C@@H](CC)OC(=O)[C@@H]2C)C[C@@]1(C)OC. The number of hydrogen-bond acceptors (Lipinski definition) is 18. The third-order valence-corrected chi connectivity index (χ3v) is 18.6. The molecule has 1 unspecified atom stereocenters. The third-order valence-electron chi connectivity index (χ3n) is 15.6. The Balaban J connectivity index is 1.67. The average Bonchev–Trinajstić information content (AvgIpc) is 3.35. The van der Waals surface area contributed by atoms with Crippen LogP contribution in [-0.4, -0.2) is 175 Å². The number of nitrogens with one attached hydrogen (secondary N) is 2. The number of carbonyl (C=O) groups is 1. The van der Waals surface area contributed by atoms with E-state index in [0.717, 1.165) is 6.42 Å². The van der Waals surface area contributed by atoms with Gasteiger partial charge in [-0.3, -0.25) is 4.79 Å². The first kappa shape index (κ1) is 62.5. The number of likely N-dealkylation sites (N-methyl/N-ethyl adjacent to an activating group) is 1. The van der Waals surface area contributed by atoms with Crippen LogP contribution in [0.2, 0.25) is 5.15 Å². The summed E-state index contributed by atoms with van der Waals surface area (Å²) in [5, 5.41) is 55.6. The summed E-state index contributed by atoms with van der Waals surface area (Å²) in [6, 6.07) is 6.47. The van der Waals surface area contributed by atoms with Crippen LogP contribution in [0.15, 0.2) is 45.9 Å². The van der Waals surface area contributed by atoms with Crippen molar-refractivity contribution in [2.24, 2.45) is 17.8 Å². The van der Waals surface area contributed by atoms with Crippen LogP contribution in [0.3, 0.4) is 0 Å². The molecule has 0 spiro atoms. The van der Waals surface area contributed by atoms with E-state index < -0.39 is 118 Å². The first-order valence-corrected chi connectivity index (χ1v) is 28.4. The molecule has 19 nitrogen and oxygen atoms in total. The molecule has 0 aliphatic carbocycles. The van der Waals surface area contributed by atoms with Crippen LogP contribution in [0.25, 0.3) is 0 Å². The number of cyclic esters (lactones) is 1. The number of aliphatic hydroxyl groups is 4. The monoisotopic (exact) mass is 1150 g/mol. The second-order valence-electron chi connectivity index (χ2n) is 21.5. The number of methoxy groups -OCH3 is 2. The number of ether oxygens (including phenoxy) is 8. The summed E-state index contributed by atoms with van der Waals surface area (Å²) < 4.78 is 82.4. The molecule has 1 aromatic heterocycles. The lowest BCUT2D eigenvalue weighted by atomic mass is 9.75. The number of aromatic nitrogens is 1. The highest BCUT2D eigenvalue weighted by Crippen LogP contribution is 2.44. The van der Waals surface area contributed by atoms with Crippen molar-refractivity contribution in [3.05, 3.63) is 46.2 Å². The van der Waals surface area contributed by atoms with Gasteiger partial charge in [0, 0.05) is 45.3 Å². The molecular formula is C52H84BrClN4O15S. The number of hydrogen-bond donors (Lipinski definition) is 6. The highest BCUT2D eigenvalue weighted by atomic mass is 79.9. The number of carbonyl (C=O) groups excluding carboxylic acids is 1. The van der Waals surface area contributed by atoms with Crippen LogP contribution in [0.5, 0.6) is 11.5 Å². The Hall–Kier alpha value is -2.32. The van der Waals surface area contributed by atoms with E-state index in [0.29, 0.717) is 18.0 Å². The standard InChI is InChI=1S/C52H84BrClN4O15S/c1-15-21-55-28-52(63)34(8)69-41(25-50(52,10)67-14)72-42-31(5)45(49(9,61)24-29(3)26-56-33(7)44(59)51(11,62)40(16-2)71-47(60)32(42)6)73-48-43(70-36-19-17-35(66-13)18-20-36)39(22-30(4)68-48)58(12)74(64,65)37-23-38(53)46(54)57-27-37/h17-20,23,27,29-34,39-45,48,55-56,59,61-63H,15-16,21-22,24-26,28H2,1-14H3/t29-,30-,31+,32-,33-,34+,39+,40-,41?,42+,43-,44-,45-,48+,49-,50-,51-,52+/m1/s1. The molecule has 22 heteroatoms. The van der Waals surface area contributed by atoms with Crippen LogP contribution in [0, 0.1) is 17.8 Å². The van der Waals surface area contributed by atoms with Gasteiger partial charge in [-0.1, -0.05) is 39.3 Å². The van der Waals surface area contributed by atoms with E-state index in [4.69, 9.17) is 49.5 Å². The van der Waals surface area contributed by atoms with E-state index in [1.165, 1.54) is 44.8 Å². The van der Waals surface area contributed by atoms with Gasteiger partial charge in [0.25, 0.3) is 0 Å². The van der Waals surface area contributed by atoms with Gasteiger partial charge < -0.3 is 69.0 Å². The number of sulfonamides is 1. The average molecular weight is 1150 g/mol. The molecule has 0 saturated carbocycles. The fraction of sp³-hybridized carbons (Fsp3) is 0.769. The smallest absolute Gasteiger partial charge is 0.311 e. The minimum Gasteiger partial charge on any atom is -0.497 e. The molecule has 74 heavy (non-hydrogen) atoms. The topological polar surface area (TPSA) is 246 Å². The van der Waals surface area contributed by atoms with Crippen molar-refractivity contribution in [1.29, 1.82) is 0 Å². The van der Waals surface area contributed by atoms with Crippen LogP contribution in [0.4, 0.5) is 0 Å². The molecule has 4 heterocycles. The normalized spacial score (nSPS) is 39.2. The minimum atomic E-state index is -4.30. The third kappa shape index (κ3) is 13.9. The number of aliphatic hydroxyl groups excluding tert-OH is 1. The zero-order valence-electron chi connectivity index (χ0n) is 45.5. The van der Waals surface area contributed by atoms with Crippen molar-refractivity contribution in [3.63, 3.8) is 0 Å². The summed E-state index contributed by atoms with van der Waals surface area (Å²) in [6.07, 6.45) is -7.84. The minimum absolute atomic E-state index is 0.00730. The van der Waals surface area contributed by atoms with E-state index in [-0.39, 0.29) is 59.2 Å². The summed E-state index contributed by atoms with van der Waals surface area (Å²) in [5.74, 6) is -2.32. The zero-order valence-corrected chi connectivity index (χ0v) is 48.7. The second-order valence-corrected chi connectivity index (χ2v) is 24.7. The molecule has 3 fully saturated rings. The molecular weight excluding hydrogens is 1070 g/mol. The molecule has 6 N–H and O–H groups in total. The highest BCUT2D eigenvalue weighted by molar-refractivity contribution is 9.10. The first-order valence-electron chi connectivity index (χ1n) is 25.8. The number of esters is 1. The van der Waals surface area contributed by atoms with E-state index in [1.54, 1.807) is 79.7 Å². The highest BCUT2D eigenvalue weighted by Gasteiger charge is 2.59. The number of pyridine rings is 1. The van der Waals surface area contributed by atoms with Crippen molar-refractivity contribution in [1.82, 2.24) is 19.9 Å². The van der Waals surface area contributed by atoms with Crippen molar-refractivity contribution < 1.29 is 71.5 Å². The van der Waals surface area contributed by atoms with E-state index in [2.05, 4.69) is 31.5 Å². The summed E-state index contributed by atoms with van der Waals surface area (Å²) in [5.41, 5.74) is -6.42. The fourth-order valence-electron chi connectivity index (χ4n) is 10.9. The molecule has 1 aromatic carbocycles. The quantitative estimate of drug-likeness (QED) is 0.0681. The van der Waals surface area contributed by atoms with Gasteiger partial charge in [-0.25, -0.2) is 13.4 Å². The Kier molecular flexibility index (Phi) is 21.7. The number of benzene rings is 1. The fourth-order valence-corrected chi connectivity index (χ4v) is 12.8. The molecule has 18 atom stereocenters. The lowest BCUT2D eigenvalue weighted by Crippen LogP contribution is -2.70. The lowest BCUT2D eigenvalue weighted by molar-refractivity contribution is -0.335. The van der Waals surface area contributed by atoms with Gasteiger partial charge in [-0.15, -0.1) is 0 Å². The van der Waals surface area contributed by atoms with Gasteiger partial charge in [0.1, 0.15) is 50.6 Å². The van der Waals surface area contributed by atoms with E-state index in [1.807, 2.05) is 13.8 Å². The van der Waals surface area contributed by atoms with Gasteiger partial charge in [0.15, 0.2) is 18.7 Å². The first-order chi connectivity index (χ1) is 34.5. The summed E-state index contributed by atoms with van der Waals surface area (Å²) in [4.78, 5) is 18.7. The predicted molar refractivity (Wildman–Crippen MR) is 281 cm³/mol. The molecule has 422 valence electrons. The molecule has 5 rings (SSSR count). The zero-order chi connectivity index (χ0) is 55.3. The Morgan fingerprint density at radius 2 is 1.62 bits per heavy atom. The second kappa shape index (κ2) is 25.6. The van der Waals surface area contributed by atoms with Crippen molar-refractivity contribution in [2.75, 3.05) is 40.9 Å². The van der Waals surface area contributed by atoms with Crippen molar-refractivity contribution >= 4 is 43.5 Å². The van der Waals surface area contributed by atoms with Gasteiger partial charge >= 0.3 is 5.97 Å². The van der Waals surface area contributed by atoms with Gasteiger partial charge in [-0.2, -0.15) is 4.31 Å². The van der Waals surface area contributed by atoms with Crippen molar-refractivity contribution in [2.45, 2.75) is 203 Å². The number of rotatable bonds is 16. The van der Waals surface area contributed by atoms with Crippen molar-refractivity contribution in [3.8, 4) is 11.5 Å². The predicted octanol–water partition coefficient (Wildman–Crippen LogP) is 5.59. The summed E-state index contributed by atoms with van der Waals surface area (Å²) in [7, 11) is 0.175. The van der Waals surface area contributed by atoms with Crippen LogP contribution in [-0.2, 0) is 43.2 Å². The summed E-state index contributed by atoms with van der Waals surface area (Å²) in [6.45, 7) is 20.2. The lowest BCUT2D eigenvalue weighted by Gasteiger charge is -2.53. The number of halogens is 2. The van der Waals surface area contributed by atoms with Gasteiger partial charge in [0.2, 0.25) is 10.0 Å². The Morgan fingerprint density at radius 1 is 0.973 bits per heavy atom. The molecule has 2 aromatic rings. The Labute approximate surface area is 452 Å². The maximum absolute atomic E-state index is 14.8. The molecule has 3 saturated heterocycles. The maximum atomic E-state index is 14.8. The summed E-state index contributed by atoms with van der Waals surface area (Å²) >= 11 is 9.50. The van der Waals surface area contributed by atoms with Gasteiger partial charge in [-0.05, 0) is 139 Å².